The lowest BCUT2D eigenvalue weighted by Gasteiger charge is -1.93. The maximum atomic E-state index is 13.2. The van der Waals surface area contributed by atoms with Gasteiger partial charge in [0.2, 0.25) is 5.91 Å². The normalized spacial score (nSPS) is 10.5. The average molecular weight is 208 g/mol. The van der Waals surface area contributed by atoms with E-state index in [9.17, 15) is 9.18 Å². The van der Waals surface area contributed by atoms with Gasteiger partial charge in [-0.1, -0.05) is 0 Å². The zero-order valence-corrected chi connectivity index (χ0v) is 7.77. The molecule has 0 aliphatic carbocycles. The summed E-state index contributed by atoms with van der Waals surface area (Å²) in [6.45, 7) is 0. The van der Waals surface area contributed by atoms with Crippen molar-refractivity contribution in [2.45, 2.75) is 6.42 Å². The van der Waals surface area contributed by atoms with Crippen LogP contribution in [0.3, 0.4) is 0 Å². The van der Waals surface area contributed by atoms with E-state index in [1.54, 1.807) is 18.5 Å². The summed E-state index contributed by atoms with van der Waals surface area (Å²) in [6.07, 6.45) is 3.29. The molecule has 0 fully saturated rings. The highest BCUT2D eigenvalue weighted by molar-refractivity contribution is 5.77. The van der Waals surface area contributed by atoms with Crippen molar-refractivity contribution < 1.29 is 9.18 Å². The molecule has 0 unspecified atom stereocenters. The number of nitrogens with zero attached hydrogens (tertiary/aromatic N) is 2. The Labute approximate surface area is 84.7 Å². The second-order valence-electron chi connectivity index (χ2n) is 3.06. The SMILES string of the molecule is NNC(=O)Cc1cn2cccc(F)c2n1. The Balaban J connectivity index is 2.39. The van der Waals surface area contributed by atoms with Crippen LogP contribution in [-0.4, -0.2) is 15.3 Å². The summed E-state index contributed by atoms with van der Waals surface area (Å²) in [5, 5.41) is 0. The number of rotatable bonds is 2. The summed E-state index contributed by atoms with van der Waals surface area (Å²) in [7, 11) is 0. The molecule has 15 heavy (non-hydrogen) atoms. The minimum absolute atomic E-state index is 0.0393. The number of imidazole rings is 1. The highest BCUT2D eigenvalue weighted by Crippen LogP contribution is 2.09. The first-order valence-corrected chi connectivity index (χ1v) is 4.32. The number of fused-ring (bicyclic) bond motifs is 1. The quantitative estimate of drug-likeness (QED) is 0.414. The number of carbonyl (C=O) groups is 1. The van der Waals surface area contributed by atoms with Crippen LogP contribution in [0.15, 0.2) is 24.5 Å². The van der Waals surface area contributed by atoms with Crippen LogP contribution in [0.2, 0.25) is 0 Å². The average Bonchev–Trinajstić information content (AvgIpc) is 2.62. The van der Waals surface area contributed by atoms with E-state index < -0.39 is 5.82 Å². The lowest BCUT2D eigenvalue weighted by molar-refractivity contribution is -0.120. The Morgan fingerprint density at radius 2 is 2.47 bits per heavy atom. The van der Waals surface area contributed by atoms with Crippen LogP contribution in [-0.2, 0) is 11.2 Å². The minimum Gasteiger partial charge on any atom is -0.304 e. The third-order valence-electron chi connectivity index (χ3n) is 1.99. The number of hydrogen-bond acceptors (Lipinski definition) is 3. The first-order valence-electron chi connectivity index (χ1n) is 4.32. The molecular formula is C9H9FN4O. The Morgan fingerprint density at radius 3 is 3.13 bits per heavy atom. The van der Waals surface area contributed by atoms with Crippen molar-refractivity contribution >= 4 is 11.6 Å². The number of hydrazine groups is 1. The number of hydrogen-bond donors (Lipinski definition) is 2. The summed E-state index contributed by atoms with van der Waals surface area (Å²) in [4.78, 5) is 14.9. The van der Waals surface area contributed by atoms with Crippen LogP contribution in [0.1, 0.15) is 5.69 Å². The van der Waals surface area contributed by atoms with Gasteiger partial charge in [0, 0.05) is 12.4 Å². The Bertz CT molecular complexity index is 508. The third kappa shape index (κ3) is 1.79. The molecule has 3 N–H and O–H groups in total. The van der Waals surface area contributed by atoms with E-state index in [1.165, 1.54) is 10.5 Å². The molecular weight excluding hydrogens is 199 g/mol. The predicted molar refractivity (Wildman–Crippen MR) is 51.2 cm³/mol. The molecule has 2 aromatic rings. The zero-order chi connectivity index (χ0) is 10.8. The largest absolute Gasteiger partial charge is 0.304 e. The molecule has 78 valence electrons. The number of carbonyl (C=O) groups excluding carboxylic acids is 1. The van der Waals surface area contributed by atoms with Crippen molar-refractivity contribution in [1.82, 2.24) is 14.8 Å². The van der Waals surface area contributed by atoms with Crippen LogP contribution >= 0.6 is 0 Å². The first kappa shape index (κ1) is 9.60. The molecule has 0 bridgehead atoms. The summed E-state index contributed by atoms with van der Waals surface area (Å²) >= 11 is 0. The molecule has 1 amide bonds. The van der Waals surface area contributed by atoms with Crippen LogP contribution in [0, 0.1) is 5.82 Å². The molecule has 0 saturated carbocycles. The Morgan fingerprint density at radius 1 is 1.67 bits per heavy atom. The van der Waals surface area contributed by atoms with Gasteiger partial charge >= 0.3 is 0 Å². The van der Waals surface area contributed by atoms with Crippen molar-refractivity contribution in [2.75, 3.05) is 0 Å². The van der Waals surface area contributed by atoms with Gasteiger partial charge < -0.3 is 4.40 Å². The van der Waals surface area contributed by atoms with Crippen LogP contribution < -0.4 is 11.3 Å². The highest BCUT2D eigenvalue weighted by Gasteiger charge is 2.08. The van der Waals surface area contributed by atoms with E-state index in [0.29, 0.717) is 5.69 Å². The summed E-state index contributed by atoms with van der Waals surface area (Å²) in [5.74, 6) is 4.15. The molecule has 0 radical (unpaired) electrons. The van der Waals surface area contributed by atoms with E-state index in [2.05, 4.69) is 4.98 Å². The standard InChI is InChI=1S/C9H9FN4O/c10-7-2-1-3-14-5-6(12-9(7)14)4-8(15)13-11/h1-3,5H,4,11H2,(H,13,15). The number of amides is 1. The minimum atomic E-state index is -0.420. The van der Waals surface area contributed by atoms with Gasteiger partial charge in [-0.3, -0.25) is 10.2 Å². The van der Waals surface area contributed by atoms with Gasteiger partial charge in [0.1, 0.15) is 0 Å². The molecule has 2 aromatic heterocycles. The van der Waals surface area contributed by atoms with Crippen molar-refractivity contribution in [3.05, 3.63) is 36.0 Å². The molecule has 6 heteroatoms. The van der Waals surface area contributed by atoms with E-state index in [1.807, 2.05) is 5.43 Å². The third-order valence-corrected chi connectivity index (χ3v) is 1.99. The van der Waals surface area contributed by atoms with E-state index >= 15 is 0 Å². The number of aromatic nitrogens is 2. The van der Waals surface area contributed by atoms with Crippen LogP contribution in [0.25, 0.3) is 5.65 Å². The van der Waals surface area contributed by atoms with Crippen LogP contribution in [0.5, 0.6) is 0 Å². The fraction of sp³-hybridized carbons (Fsp3) is 0.111. The Kier molecular flexibility index (Phi) is 2.34. The summed E-state index contributed by atoms with van der Waals surface area (Å²) < 4.78 is 14.7. The molecule has 0 aromatic carbocycles. The van der Waals surface area contributed by atoms with Gasteiger partial charge in [0.25, 0.3) is 0 Å². The second kappa shape index (κ2) is 3.66. The summed E-state index contributed by atoms with van der Waals surface area (Å²) in [5.41, 5.74) is 2.67. The summed E-state index contributed by atoms with van der Waals surface area (Å²) in [6, 6.07) is 2.88. The molecule has 0 aliphatic rings. The molecule has 5 nitrogen and oxygen atoms in total. The van der Waals surface area contributed by atoms with Crippen molar-refractivity contribution in [3.63, 3.8) is 0 Å². The van der Waals surface area contributed by atoms with E-state index in [0.717, 1.165) is 0 Å². The fourth-order valence-corrected chi connectivity index (χ4v) is 1.33. The first-order chi connectivity index (χ1) is 7.20. The lowest BCUT2D eigenvalue weighted by Crippen LogP contribution is -2.31. The zero-order valence-electron chi connectivity index (χ0n) is 7.77. The van der Waals surface area contributed by atoms with E-state index in [4.69, 9.17) is 5.84 Å². The molecule has 0 aliphatic heterocycles. The number of nitrogens with one attached hydrogen (secondary N) is 1. The topological polar surface area (TPSA) is 72.4 Å². The number of pyridine rings is 1. The van der Waals surface area contributed by atoms with Gasteiger partial charge in [-0.15, -0.1) is 0 Å². The lowest BCUT2D eigenvalue weighted by atomic mass is 10.3. The maximum Gasteiger partial charge on any atom is 0.239 e. The van der Waals surface area contributed by atoms with Crippen molar-refractivity contribution in [1.29, 1.82) is 0 Å². The van der Waals surface area contributed by atoms with Gasteiger partial charge in [0.05, 0.1) is 12.1 Å². The van der Waals surface area contributed by atoms with E-state index in [-0.39, 0.29) is 18.0 Å². The second-order valence-corrected chi connectivity index (χ2v) is 3.06. The van der Waals surface area contributed by atoms with Crippen molar-refractivity contribution in [2.24, 2.45) is 5.84 Å². The molecule has 0 atom stereocenters. The number of halogens is 1. The van der Waals surface area contributed by atoms with Crippen LogP contribution in [0.4, 0.5) is 4.39 Å². The van der Waals surface area contributed by atoms with Gasteiger partial charge in [-0.2, -0.15) is 0 Å². The monoisotopic (exact) mass is 208 g/mol. The molecule has 2 rings (SSSR count). The maximum absolute atomic E-state index is 13.2. The molecule has 2 heterocycles. The molecule has 0 saturated heterocycles. The molecule has 0 spiro atoms. The Hall–Kier alpha value is -1.95. The van der Waals surface area contributed by atoms with Gasteiger partial charge in [0.15, 0.2) is 11.5 Å². The van der Waals surface area contributed by atoms with Gasteiger partial charge in [-0.25, -0.2) is 15.2 Å². The highest BCUT2D eigenvalue weighted by atomic mass is 19.1. The number of nitrogens with two attached hydrogens (primary N) is 1. The van der Waals surface area contributed by atoms with Crippen molar-refractivity contribution in [3.8, 4) is 0 Å². The fourth-order valence-electron chi connectivity index (χ4n) is 1.33. The van der Waals surface area contributed by atoms with Gasteiger partial charge in [-0.05, 0) is 12.1 Å². The smallest absolute Gasteiger partial charge is 0.239 e. The predicted octanol–water partition coefficient (Wildman–Crippen LogP) is 0.00580.